The van der Waals surface area contributed by atoms with Crippen molar-refractivity contribution in [1.82, 2.24) is 0 Å². The number of halogens is 2. The lowest BCUT2D eigenvalue weighted by atomic mass is 10.1. The number of hydrogen-bond donors (Lipinski definition) is 1. The molecule has 0 radical (unpaired) electrons. The lowest BCUT2D eigenvalue weighted by molar-refractivity contribution is -0.385. The lowest BCUT2D eigenvalue weighted by Crippen LogP contribution is -2.21. The Balaban J connectivity index is 2.05. The molecule has 0 fully saturated rings. The summed E-state index contributed by atoms with van der Waals surface area (Å²) in [6.07, 6.45) is 0. The molecular weight excluding hydrogens is 399 g/mol. The number of aryl methyl sites for hydroxylation is 1. The number of amides is 1. The second-order valence-corrected chi connectivity index (χ2v) is 6.19. The standard InChI is InChI=1S/C17H14Cl2N2O6/c1-9-5-14(21(24)25)15(26-2)7-13(9)20-16(22)8-27-17(23)11-4-3-10(18)6-12(11)19/h3-7H,8H2,1-2H3,(H,20,22). The molecule has 2 aromatic rings. The number of nitro benzene ring substituents is 1. The first-order valence-electron chi connectivity index (χ1n) is 7.48. The fourth-order valence-corrected chi connectivity index (χ4v) is 2.65. The smallest absolute Gasteiger partial charge is 0.340 e. The molecule has 0 unspecified atom stereocenters. The summed E-state index contributed by atoms with van der Waals surface area (Å²) >= 11 is 11.7. The van der Waals surface area contributed by atoms with Crippen molar-refractivity contribution in [1.29, 1.82) is 0 Å². The largest absolute Gasteiger partial charge is 0.490 e. The molecule has 0 aliphatic heterocycles. The molecule has 1 N–H and O–H groups in total. The van der Waals surface area contributed by atoms with Crippen LogP contribution in [-0.4, -0.2) is 30.5 Å². The molecule has 142 valence electrons. The average Bonchev–Trinajstić information content (AvgIpc) is 2.60. The zero-order valence-electron chi connectivity index (χ0n) is 14.2. The molecule has 1 amide bonds. The van der Waals surface area contributed by atoms with E-state index >= 15 is 0 Å². The van der Waals surface area contributed by atoms with Gasteiger partial charge in [-0.25, -0.2) is 4.79 Å². The van der Waals surface area contributed by atoms with Crippen molar-refractivity contribution in [3.63, 3.8) is 0 Å². The van der Waals surface area contributed by atoms with Crippen molar-refractivity contribution in [2.45, 2.75) is 6.92 Å². The van der Waals surface area contributed by atoms with Crippen LogP contribution in [0.25, 0.3) is 0 Å². The number of esters is 1. The third-order valence-corrected chi connectivity index (χ3v) is 4.03. The van der Waals surface area contributed by atoms with Crippen molar-refractivity contribution in [3.05, 3.63) is 61.6 Å². The summed E-state index contributed by atoms with van der Waals surface area (Å²) < 4.78 is 9.88. The minimum atomic E-state index is -0.787. The van der Waals surface area contributed by atoms with E-state index in [4.69, 9.17) is 32.7 Å². The lowest BCUT2D eigenvalue weighted by Gasteiger charge is -2.11. The molecule has 10 heteroatoms. The van der Waals surface area contributed by atoms with Crippen LogP contribution in [0.1, 0.15) is 15.9 Å². The van der Waals surface area contributed by atoms with Crippen LogP contribution < -0.4 is 10.1 Å². The van der Waals surface area contributed by atoms with Gasteiger partial charge in [0.25, 0.3) is 5.91 Å². The molecular formula is C17H14Cl2N2O6. The van der Waals surface area contributed by atoms with Gasteiger partial charge in [-0.3, -0.25) is 14.9 Å². The third-order valence-electron chi connectivity index (χ3n) is 3.48. The van der Waals surface area contributed by atoms with Gasteiger partial charge in [-0.05, 0) is 30.7 Å². The molecule has 0 saturated carbocycles. The molecule has 0 aliphatic carbocycles. The minimum Gasteiger partial charge on any atom is -0.490 e. The maximum Gasteiger partial charge on any atom is 0.340 e. The quantitative estimate of drug-likeness (QED) is 0.436. The number of nitrogens with zero attached hydrogens (tertiary/aromatic N) is 1. The number of nitro groups is 1. The molecule has 0 aliphatic rings. The van der Waals surface area contributed by atoms with E-state index in [9.17, 15) is 19.7 Å². The molecule has 2 rings (SSSR count). The van der Waals surface area contributed by atoms with E-state index in [0.29, 0.717) is 16.3 Å². The molecule has 0 heterocycles. The van der Waals surface area contributed by atoms with Crippen molar-refractivity contribution < 1.29 is 24.0 Å². The minimum absolute atomic E-state index is 0.00848. The molecule has 8 nitrogen and oxygen atoms in total. The van der Waals surface area contributed by atoms with Crippen LogP contribution in [0, 0.1) is 17.0 Å². The maximum atomic E-state index is 12.0. The second-order valence-electron chi connectivity index (χ2n) is 5.34. The van der Waals surface area contributed by atoms with Crippen molar-refractivity contribution >= 4 is 46.5 Å². The van der Waals surface area contributed by atoms with Gasteiger partial charge in [0.15, 0.2) is 12.4 Å². The summed E-state index contributed by atoms with van der Waals surface area (Å²) in [6.45, 7) is 1.01. The topological polar surface area (TPSA) is 108 Å². The molecule has 0 saturated heterocycles. The highest BCUT2D eigenvalue weighted by Crippen LogP contribution is 2.32. The van der Waals surface area contributed by atoms with Gasteiger partial charge in [-0.1, -0.05) is 23.2 Å². The van der Waals surface area contributed by atoms with Crippen LogP contribution in [0.5, 0.6) is 5.75 Å². The average molecular weight is 413 g/mol. The highest BCUT2D eigenvalue weighted by molar-refractivity contribution is 6.36. The summed E-state index contributed by atoms with van der Waals surface area (Å²) in [5, 5.41) is 14.0. The van der Waals surface area contributed by atoms with E-state index in [-0.39, 0.29) is 22.0 Å². The molecule has 0 bridgehead atoms. The van der Waals surface area contributed by atoms with E-state index < -0.39 is 23.4 Å². The number of hydrogen-bond acceptors (Lipinski definition) is 6. The Bertz CT molecular complexity index is 917. The first-order chi connectivity index (χ1) is 12.7. The SMILES string of the molecule is COc1cc(NC(=O)COC(=O)c2ccc(Cl)cc2Cl)c(C)cc1[N+](=O)[O-]. The number of anilines is 1. The van der Waals surface area contributed by atoms with Crippen molar-refractivity contribution in [2.24, 2.45) is 0 Å². The van der Waals surface area contributed by atoms with Gasteiger partial charge in [0, 0.05) is 22.8 Å². The highest BCUT2D eigenvalue weighted by Gasteiger charge is 2.19. The molecule has 27 heavy (non-hydrogen) atoms. The van der Waals surface area contributed by atoms with Gasteiger partial charge in [-0.2, -0.15) is 0 Å². The first-order valence-corrected chi connectivity index (χ1v) is 8.23. The Morgan fingerprint density at radius 1 is 1.22 bits per heavy atom. The van der Waals surface area contributed by atoms with Crippen molar-refractivity contribution in [3.8, 4) is 5.75 Å². The number of carbonyl (C=O) groups excluding carboxylic acids is 2. The number of nitrogens with one attached hydrogen (secondary N) is 1. The Labute approximate surface area is 164 Å². The number of ether oxygens (including phenoxy) is 2. The zero-order chi connectivity index (χ0) is 20.1. The first kappa shape index (κ1) is 20.5. The summed E-state index contributed by atoms with van der Waals surface area (Å²) in [4.78, 5) is 34.4. The van der Waals surface area contributed by atoms with Crippen molar-refractivity contribution in [2.75, 3.05) is 19.0 Å². The summed E-state index contributed by atoms with van der Waals surface area (Å²) in [6, 6.07) is 6.83. The monoisotopic (exact) mass is 412 g/mol. The molecule has 0 atom stereocenters. The Morgan fingerprint density at radius 3 is 2.52 bits per heavy atom. The van der Waals surface area contributed by atoms with Gasteiger partial charge >= 0.3 is 11.7 Å². The Hall–Kier alpha value is -2.84. The molecule has 0 aromatic heterocycles. The van der Waals surface area contributed by atoms with Crippen LogP contribution >= 0.6 is 23.2 Å². The highest BCUT2D eigenvalue weighted by atomic mass is 35.5. The number of methoxy groups -OCH3 is 1. The van der Waals surface area contributed by atoms with E-state index in [0.717, 1.165) is 0 Å². The Kier molecular flexibility index (Phi) is 6.59. The van der Waals surface area contributed by atoms with E-state index in [1.165, 1.54) is 37.4 Å². The van der Waals surface area contributed by atoms with Crippen LogP contribution in [0.15, 0.2) is 30.3 Å². The molecule has 2 aromatic carbocycles. The second kappa shape index (κ2) is 8.70. The maximum absolute atomic E-state index is 12.0. The summed E-state index contributed by atoms with van der Waals surface area (Å²) in [7, 11) is 1.28. The van der Waals surface area contributed by atoms with E-state index in [1.807, 2.05) is 0 Å². The van der Waals surface area contributed by atoms with Gasteiger partial charge < -0.3 is 14.8 Å². The molecule has 0 spiro atoms. The fraction of sp³-hybridized carbons (Fsp3) is 0.176. The van der Waals surface area contributed by atoms with Crippen LogP contribution in [-0.2, 0) is 9.53 Å². The fourth-order valence-electron chi connectivity index (χ4n) is 2.16. The predicted molar refractivity (Wildman–Crippen MR) is 99.8 cm³/mol. The summed E-state index contributed by atoms with van der Waals surface area (Å²) in [5.74, 6) is -1.43. The van der Waals surface area contributed by atoms with Gasteiger partial charge in [0.2, 0.25) is 0 Å². The third kappa shape index (κ3) is 5.08. The summed E-state index contributed by atoms with van der Waals surface area (Å²) in [5.41, 5.74) is 0.588. The van der Waals surface area contributed by atoms with Gasteiger partial charge in [0.1, 0.15) is 0 Å². The predicted octanol–water partition coefficient (Wildman–Crippen LogP) is 4.01. The Morgan fingerprint density at radius 2 is 1.93 bits per heavy atom. The van der Waals surface area contributed by atoms with Gasteiger partial charge in [0.05, 0.1) is 22.6 Å². The zero-order valence-corrected chi connectivity index (χ0v) is 15.8. The van der Waals surface area contributed by atoms with E-state index in [1.54, 1.807) is 6.92 Å². The van der Waals surface area contributed by atoms with Crippen LogP contribution in [0.3, 0.4) is 0 Å². The van der Waals surface area contributed by atoms with Gasteiger partial charge in [-0.15, -0.1) is 0 Å². The van der Waals surface area contributed by atoms with Crippen LogP contribution in [0.2, 0.25) is 10.0 Å². The normalized spacial score (nSPS) is 10.2. The number of rotatable bonds is 6. The number of benzene rings is 2. The number of carbonyl (C=O) groups is 2. The van der Waals surface area contributed by atoms with E-state index in [2.05, 4.69) is 5.32 Å². The van der Waals surface area contributed by atoms with Crippen LogP contribution in [0.4, 0.5) is 11.4 Å².